The van der Waals surface area contributed by atoms with E-state index in [1.165, 1.54) is 16.4 Å². The summed E-state index contributed by atoms with van der Waals surface area (Å²) in [6.07, 6.45) is 2.78. The standard InChI is InChI=1S/C21H26N2O3S/c1-3-16(2)19-8-4-5-9-20(19)22-21(24)17-10-12-18(13-11-17)27(25,26)23-14-6-7-15-23/h4-5,8-13,16H,3,6-7,14-15H2,1-2H3,(H,22,24)/t16-/m1/s1. The average Bonchev–Trinajstić information content (AvgIpc) is 3.23. The lowest BCUT2D eigenvalue weighted by molar-refractivity contribution is 0.102. The molecule has 0 saturated carbocycles. The number of carbonyl (C=O) groups is 1. The zero-order chi connectivity index (χ0) is 19.4. The van der Waals surface area contributed by atoms with E-state index < -0.39 is 10.0 Å². The Hall–Kier alpha value is -2.18. The van der Waals surface area contributed by atoms with Gasteiger partial charge >= 0.3 is 0 Å². The summed E-state index contributed by atoms with van der Waals surface area (Å²) >= 11 is 0. The highest BCUT2D eigenvalue weighted by atomic mass is 32.2. The van der Waals surface area contributed by atoms with Gasteiger partial charge in [0, 0.05) is 24.3 Å². The molecule has 0 bridgehead atoms. The van der Waals surface area contributed by atoms with Gasteiger partial charge in [-0.2, -0.15) is 4.31 Å². The lowest BCUT2D eigenvalue weighted by Crippen LogP contribution is -2.27. The molecule has 5 nitrogen and oxygen atoms in total. The fourth-order valence-corrected chi connectivity index (χ4v) is 4.83. The summed E-state index contributed by atoms with van der Waals surface area (Å²) in [5.74, 6) is 0.102. The van der Waals surface area contributed by atoms with E-state index in [1.807, 2.05) is 24.3 Å². The molecular weight excluding hydrogens is 360 g/mol. The third-order valence-electron chi connectivity index (χ3n) is 5.17. The molecular formula is C21H26N2O3S. The van der Waals surface area contributed by atoms with E-state index in [9.17, 15) is 13.2 Å². The Balaban J connectivity index is 1.77. The molecule has 0 unspecified atom stereocenters. The highest BCUT2D eigenvalue weighted by molar-refractivity contribution is 7.89. The molecule has 2 aromatic carbocycles. The van der Waals surface area contributed by atoms with Gasteiger partial charge in [-0.15, -0.1) is 0 Å². The average molecular weight is 387 g/mol. The van der Waals surface area contributed by atoms with E-state index in [4.69, 9.17) is 0 Å². The maximum absolute atomic E-state index is 12.6. The quantitative estimate of drug-likeness (QED) is 0.808. The first-order chi connectivity index (χ1) is 12.9. The maximum atomic E-state index is 12.6. The number of hydrogen-bond donors (Lipinski definition) is 1. The second kappa shape index (κ2) is 8.23. The normalized spacial score (nSPS) is 16.2. The SMILES string of the molecule is CC[C@@H](C)c1ccccc1NC(=O)c1ccc(S(=O)(=O)N2CCCC2)cc1. The molecule has 27 heavy (non-hydrogen) atoms. The third kappa shape index (κ3) is 4.22. The van der Waals surface area contributed by atoms with Crippen LogP contribution in [0.15, 0.2) is 53.4 Å². The van der Waals surface area contributed by atoms with Crippen molar-refractivity contribution in [2.75, 3.05) is 18.4 Å². The van der Waals surface area contributed by atoms with Gasteiger partial charge in [0.1, 0.15) is 0 Å². The molecule has 2 aromatic rings. The number of sulfonamides is 1. The lowest BCUT2D eigenvalue weighted by atomic mass is 9.97. The summed E-state index contributed by atoms with van der Waals surface area (Å²) in [4.78, 5) is 12.9. The first-order valence-electron chi connectivity index (χ1n) is 9.44. The van der Waals surface area contributed by atoms with Crippen molar-refractivity contribution >= 4 is 21.6 Å². The van der Waals surface area contributed by atoms with E-state index in [0.29, 0.717) is 24.6 Å². The Morgan fingerprint density at radius 1 is 1.07 bits per heavy atom. The molecule has 0 radical (unpaired) electrons. The van der Waals surface area contributed by atoms with Crippen LogP contribution in [0.5, 0.6) is 0 Å². The fraction of sp³-hybridized carbons (Fsp3) is 0.381. The number of rotatable bonds is 6. The van der Waals surface area contributed by atoms with Gasteiger partial charge in [-0.25, -0.2) is 8.42 Å². The summed E-state index contributed by atoms with van der Waals surface area (Å²) in [6, 6.07) is 14.0. The van der Waals surface area contributed by atoms with Crippen LogP contribution >= 0.6 is 0 Å². The van der Waals surface area contributed by atoms with E-state index in [1.54, 1.807) is 12.1 Å². The number of carbonyl (C=O) groups excluding carboxylic acids is 1. The molecule has 1 atom stereocenters. The van der Waals surface area contributed by atoms with Gasteiger partial charge in [-0.3, -0.25) is 4.79 Å². The fourth-order valence-electron chi connectivity index (χ4n) is 3.31. The minimum Gasteiger partial charge on any atom is -0.322 e. The molecule has 0 aromatic heterocycles. The van der Waals surface area contributed by atoms with Gasteiger partial charge in [0.2, 0.25) is 10.0 Å². The molecule has 3 rings (SSSR count). The lowest BCUT2D eigenvalue weighted by Gasteiger charge is -2.17. The van der Waals surface area contributed by atoms with Gasteiger partial charge in [0.15, 0.2) is 0 Å². The first-order valence-corrected chi connectivity index (χ1v) is 10.9. The summed E-state index contributed by atoms with van der Waals surface area (Å²) < 4.78 is 26.7. The highest BCUT2D eigenvalue weighted by Gasteiger charge is 2.27. The second-order valence-electron chi connectivity index (χ2n) is 6.99. The highest BCUT2D eigenvalue weighted by Crippen LogP contribution is 2.27. The molecule has 1 amide bonds. The summed E-state index contributed by atoms with van der Waals surface area (Å²) in [7, 11) is -3.46. The zero-order valence-corrected chi connectivity index (χ0v) is 16.6. The van der Waals surface area contributed by atoms with Crippen LogP contribution in [0.2, 0.25) is 0 Å². The molecule has 1 saturated heterocycles. The van der Waals surface area contributed by atoms with Crippen LogP contribution in [-0.4, -0.2) is 31.7 Å². The number of benzene rings is 2. The van der Waals surface area contributed by atoms with Crippen LogP contribution in [0.25, 0.3) is 0 Å². The summed E-state index contributed by atoms with van der Waals surface area (Å²) in [5, 5.41) is 2.96. The molecule has 6 heteroatoms. The molecule has 1 N–H and O–H groups in total. The minimum absolute atomic E-state index is 0.237. The smallest absolute Gasteiger partial charge is 0.255 e. The number of para-hydroxylation sites is 1. The predicted octanol–water partition coefficient (Wildman–Crippen LogP) is 4.24. The van der Waals surface area contributed by atoms with Crippen LogP contribution < -0.4 is 5.32 Å². The van der Waals surface area contributed by atoms with Crippen molar-refractivity contribution in [2.24, 2.45) is 0 Å². The molecule has 1 aliphatic heterocycles. The van der Waals surface area contributed by atoms with Crippen molar-refractivity contribution in [3.8, 4) is 0 Å². The monoisotopic (exact) mass is 386 g/mol. The Kier molecular flexibility index (Phi) is 5.97. The molecule has 1 heterocycles. The van der Waals surface area contributed by atoms with Gasteiger partial charge in [0.05, 0.1) is 4.90 Å². The number of nitrogens with one attached hydrogen (secondary N) is 1. The molecule has 1 aliphatic rings. The van der Waals surface area contributed by atoms with Crippen molar-refractivity contribution in [1.82, 2.24) is 4.31 Å². The molecule has 0 spiro atoms. The predicted molar refractivity (Wildman–Crippen MR) is 108 cm³/mol. The minimum atomic E-state index is -3.46. The van der Waals surface area contributed by atoms with E-state index in [-0.39, 0.29) is 10.8 Å². The summed E-state index contributed by atoms with van der Waals surface area (Å²) in [6.45, 7) is 5.37. The van der Waals surface area contributed by atoms with Crippen LogP contribution in [0, 0.1) is 0 Å². The van der Waals surface area contributed by atoms with Gasteiger partial charge < -0.3 is 5.32 Å². The summed E-state index contributed by atoms with van der Waals surface area (Å²) in [5.41, 5.74) is 2.33. The van der Waals surface area contributed by atoms with Crippen molar-refractivity contribution in [2.45, 2.75) is 43.9 Å². The van der Waals surface area contributed by atoms with Crippen molar-refractivity contribution in [3.63, 3.8) is 0 Å². The Bertz CT molecular complexity index is 901. The van der Waals surface area contributed by atoms with Gasteiger partial charge in [-0.05, 0) is 61.1 Å². The largest absolute Gasteiger partial charge is 0.322 e. The van der Waals surface area contributed by atoms with E-state index in [2.05, 4.69) is 19.2 Å². The van der Waals surface area contributed by atoms with Crippen LogP contribution in [0.1, 0.15) is 54.9 Å². The first kappa shape index (κ1) is 19.6. The third-order valence-corrected chi connectivity index (χ3v) is 7.08. The van der Waals surface area contributed by atoms with Crippen LogP contribution in [0.4, 0.5) is 5.69 Å². The molecule has 0 aliphatic carbocycles. The van der Waals surface area contributed by atoms with E-state index >= 15 is 0 Å². The number of hydrogen-bond acceptors (Lipinski definition) is 3. The molecule has 1 fully saturated rings. The topological polar surface area (TPSA) is 66.5 Å². The Morgan fingerprint density at radius 2 is 1.70 bits per heavy atom. The Labute approximate surface area is 161 Å². The van der Waals surface area contributed by atoms with Crippen LogP contribution in [-0.2, 0) is 10.0 Å². The Morgan fingerprint density at radius 3 is 2.33 bits per heavy atom. The van der Waals surface area contributed by atoms with Crippen molar-refractivity contribution in [3.05, 3.63) is 59.7 Å². The number of amides is 1. The number of anilines is 1. The van der Waals surface area contributed by atoms with E-state index in [0.717, 1.165) is 30.5 Å². The van der Waals surface area contributed by atoms with Crippen LogP contribution in [0.3, 0.4) is 0 Å². The van der Waals surface area contributed by atoms with Gasteiger partial charge in [0.25, 0.3) is 5.91 Å². The van der Waals surface area contributed by atoms with Gasteiger partial charge in [-0.1, -0.05) is 32.0 Å². The molecule has 144 valence electrons. The number of nitrogens with zero attached hydrogens (tertiary/aromatic N) is 1. The second-order valence-corrected chi connectivity index (χ2v) is 8.92. The van der Waals surface area contributed by atoms with Crippen molar-refractivity contribution in [1.29, 1.82) is 0 Å². The maximum Gasteiger partial charge on any atom is 0.255 e. The van der Waals surface area contributed by atoms with Crippen molar-refractivity contribution < 1.29 is 13.2 Å². The zero-order valence-electron chi connectivity index (χ0n) is 15.8.